The molecule has 0 unspecified atom stereocenters. The Labute approximate surface area is 143 Å². The molecule has 0 aliphatic carbocycles. The molecule has 0 spiro atoms. The van der Waals surface area contributed by atoms with Gasteiger partial charge in [-0.1, -0.05) is 11.6 Å². The van der Waals surface area contributed by atoms with Crippen LogP contribution in [-0.4, -0.2) is 39.2 Å². The summed E-state index contributed by atoms with van der Waals surface area (Å²) in [5, 5.41) is 4.25. The van der Waals surface area contributed by atoms with Gasteiger partial charge in [0.1, 0.15) is 0 Å². The fraction of sp³-hybridized carbons (Fsp3) is 0.0909. The zero-order valence-corrected chi connectivity index (χ0v) is 14.8. The number of aromatic nitrogens is 5. The fourth-order valence-corrected chi connectivity index (χ4v) is 2.93. The summed E-state index contributed by atoms with van der Waals surface area (Å²) in [5.41, 5.74) is 6.32. The molecule has 0 atom stereocenters. The molecule has 2 aromatic heterocycles. The van der Waals surface area contributed by atoms with Gasteiger partial charge in [-0.2, -0.15) is 19.5 Å². The number of nitrogens with two attached hydrogens (primary N) is 1. The predicted molar refractivity (Wildman–Crippen MR) is 89.3 cm³/mol. The van der Waals surface area contributed by atoms with Gasteiger partial charge in [0.05, 0.1) is 5.02 Å². The lowest BCUT2D eigenvalue weighted by molar-refractivity contribution is 0.592. The summed E-state index contributed by atoms with van der Waals surface area (Å²) in [6.07, 6.45) is 0.992. The number of rotatable bonds is 2. The molecule has 3 rings (SSSR count). The number of halogens is 2. The van der Waals surface area contributed by atoms with Gasteiger partial charge in [0, 0.05) is 15.4 Å². The van der Waals surface area contributed by atoms with Crippen LogP contribution in [0.5, 0.6) is 0 Å². The number of nitrogen functional groups attached to an aromatic ring is 1. The van der Waals surface area contributed by atoms with Crippen LogP contribution in [0.1, 0.15) is 0 Å². The number of anilines is 1. The molecule has 0 saturated carbocycles. The molecule has 0 saturated heterocycles. The molecule has 0 aliphatic heterocycles. The van der Waals surface area contributed by atoms with Gasteiger partial charge < -0.3 is 5.73 Å². The van der Waals surface area contributed by atoms with Gasteiger partial charge >= 0.3 is 0 Å². The third-order valence-electron chi connectivity index (χ3n) is 2.71. The smallest absolute Gasteiger partial charge is 0.258 e. The van der Waals surface area contributed by atoms with Crippen LogP contribution < -0.4 is 5.73 Å². The number of benzene rings is 1. The number of sulfone groups is 1. The third kappa shape index (κ3) is 2.73. The molecule has 1 aromatic carbocycles. The van der Waals surface area contributed by atoms with E-state index < -0.39 is 15.0 Å². The van der Waals surface area contributed by atoms with Gasteiger partial charge in [0.2, 0.25) is 15.8 Å². The zero-order chi connectivity index (χ0) is 16.1. The second-order valence-electron chi connectivity index (χ2n) is 4.41. The van der Waals surface area contributed by atoms with Crippen molar-refractivity contribution in [1.82, 2.24) is 24.6 Å². The number of fused-ring (bicyclic) bond motifs is 1. The predicted octanol–water partition coefficient (Wildman–Crippen LogP) is 1.43. The molecule has 0 aliphatic rings. The highest BCUT2D eigenvalue weighted by atomic mass is 127. The molecule has 2 N–H and O–H groups in total. The number of hydrogen-bond donors (Lipinski definition) is 1. The van der Waals surface area contributed by atoms with Crippen molar-refractivity contribution in [2.24, 2.45) is 0 Å². The Morgan fingerprint density at radius 2 is 2.00 bits per heavy atom. The topological polar surface area (TPSA) is 116 Å². The molecule has 0 radical (unpaired) electrons. The van der Waals surface area contributed by atoms with Crippen molar-refractivity contribution >= 4 is 55.8 Å². The maximum atomic E-state index is 11.5. The van der Waals surface area contributed by atoms with Crippen LogP contribution in [0.15, 0.2) is 23.4 Å². The lowest BCUT2D eigenvalue weighted by Crippen LogP contribution is -2.11. The largest absolute Gasteiger partial charge is 0.368 e. The summed E-state index contributed by atoms with van der Waals surface area (Å²) < 4.78 is 25.2. The molecule has 3 aromatic rings. The van der Waals surface area contributed by atoms with Crippen LogP contribution in [0.25, 0.3) is 17.2 Å². The first-order valence-electron chi connectivity index (χ1n) is 5.81. The third-order valence-corrected chi connectivity index (χ3v) is 4.56. The Morgan fingerprint density at radius 3 is 2.68 bits per heavy atom. The standard InChI is InChI=1S/C11H8ClIN6O2S/c1-22(20,21)11-16-9(14)19-10(17-11)15-8(18-19)6-4-5(13)2-3-7(6)12/h2-4H,1H3,(H2,14,15,16,17,18). The lowest BCUT2D eigenvalue weighted by atomic mass is 10.2. The van der Waals surface area contributed by atoms with Crippen molar-refractivity contribution in [3.05, 3.63) is 26.8 Å². The summed E-state index contributed by atoms with van der Waals surface area (Å²) in [5.74, 6) is 0.207. The van der Waals surface area contributed by atoms with Crippen LogP contribution in [0.2, 0.25) is 5.02 Å². The Kier molecular flexibility index (Phi) is 3.69. The average Bonchev–Trinajstić information content (AvgIpc) is 2.85. The average molecular weight is 451 g/mol. The second-order valence-corrected chi connectivity index (χ2v) is 7.97. The second kappa shape index (κ2) is 5.28. The van der Waals surface area contributed by atoms with Crippen molar-refractivity contribution in [3.8, 4) is 11.4 Å². The first-order chi connectivity index (χ1) is 10.3. The minimum Gasteiger partial charge on any atom is -0.368 e. The molecule has 22 heavy (non-hydrogen) atoms. The van der Waals surface area contributed by atoms with Crippen molar-refractivity contribution in [2.75, 3.05) is 12.0 Å². The monoisotopic (exact) mass is 450 g/mol. The van der Waals surface area contributed by atoms with E-state index in [4.69, 9.17) is 17.3 Å². The van der Waals surface area contributed by atoms with Crippen LogP contribution in [-0.2, 0) is 9.84 Å². The highest BCUT2D eigenvalue weighted by molar-refractivity contribution is 14.1. The normalized spacial score (nSPS) is 12.0. The minimum absolute atomic E-state index is 0.0397. The maximum absolute atomic E-state index is 11.5. The van der Waals surface area contributed by atoms with E-state index in [9.17, 15) is 8.42 Å². The molecule has 0 fully saturated rings. The van der Waals surface area contributed by atoms with Crippen molar-refractivity contribution < 1.29 is 8.42 Å². The molecular weight excluding hydrogens is 443 g/mol. The van der Waals surface area contributed by atoms with E-state index in [-0.39, 0.29) is 17.6 Å². The lowest BCUT2D eigenvalue weighted by Gasteiger charge is -1.99. The molecule has 8 nitrogen and oxygen atoms in total. The molecule has 0 amide bonds. The van der Waals surface area contributed by atoms with Gasteiger partial charge in [-0.25, -0.2) is 8.42 Å². The van der Waals surface area contributed by atoms with Crippen molar-refractivity contribution in [3.63, 3.8) is 0 Å². The SMILES string of the molecule is CS(=O)(=O)c1nc(N)n2nc(-c3cc(I)ccc3Cl)nc2n1. The van der Waals surface area contributed by atoms with E-state index >= 15 is 0 Å². The fourth-order valence-electron chi connectivity index (χ4n) is 1.73. The van der Waals surface area contributed by atoms with Crippen molar-refractivity contribution in [2.45, 2.75) is 5.16 Å². The summed E-state index contributed by atoms with van der Waals surface area (Å²) in [6.45, 7) is 0. The van der Waals surface area contributed by atoms with E-state index in [2.05, 4.69) is 42.6 Å². The van der Waals surface area contributed by atoms with Gasteiger partial charge in [-0.3, -0.25) is 0 Å². The molecule has 114 valence electrons. The Morgan fingerprint density at radius 1 is 1.27 bits per heavy atom. The van der Waals surface area contributed by atoms with Gasteiger partial charge in [-0.05, 0) is 40.8 Å². The van der Waals surface area contributed by atoms with E-state index in [0.717, 1.165) is 9.83 Å². The molecule has 2 heterocycles. The first kappa shape index (κ1) is 15.4. The highest BCUT2D eigenvalue weighted by Gasteiger charge is 2.18. The summed E-state index contributed by atoms with van der Waals surface area (Å²) in [6, 6.07) is 5.37. The highest BCUT2D eigenvalue weighted by Crippen LogP contribution is 2.27. The first-order valence-corrected chi connectivity index (χ1v) is 9.16. The number of nitrogens with zero attached hydrogens (tertiary/aromatic N) is 5. The van der Waals surface area contributed by atoms with Gasteiger partial charge in [0.15, 0.2) is 5.82 Å². The van der Waals surface area contributed by atoms with E-state index in [1.807, 2.05) is 6.07 Å². The molecular formula is C11H8ClIN6O2S. The van der Waals surface area contributed by atoms with Crippen LogP contribution in [0.3, 0.4) is 0 Å². The van der Waals surface area contributed by atoms with E-state index in [1.54, 1.807) is 12.1 Å². The van der Waals surface area contributed by atoms with Crippen LogP contribution >= 0.6 is 34.2 Å². The van der Waals surface area contributed by atoms with Crippen LogP contribution in [0.4, 0.5) is 5.95 Å². The molecule has 0 bridgehead atoms. The Hall–Kier alpha value is -1.53. The van der Waals surface area contributed by atoms with Crippen LogP contribution in [0, 0.1) is 3.57 Å². The number of hydrogen-bond acceptors (Lipinski definition) is 7. The summed E-state index contributed by atoms with van der Waals surface area (Å²) in [7, 11) is -3.60. The quantitative estimate of drug-likeness (QED) is 0.587. The molecule has 11 heteroatoms. The summed E-state index contributed by atoms with van der Waals surface area (Å²) >= 11 is 8.28. The Bertz CT molecular complexity index is 1000. The summed E-state index contributed by atoms with van der Waals surface area (Å²) in [4.78, 5) is 11.8. The van der Waals surface area contributed by atoms with Crippen molar-refractivity contribution in [1.29, 1.82) is 0 Å². The van der Waals surface area contributed by atoms with E-state index in [0.29, 0.717) is 10.6 Å². The minimum atomic E-state index is -3.60. The zero-order valence-electron chi connectivity index (χ0n) is 11.0. The Balaban J connectivity index is 2.26. The van der Waals surface area contributed by atoms with Gasteiger partial charge in [0.25, 0.3) is 10.9 Å². The van der Waals surface area contributed by atoms with E-state index in [1.165, 1.54) is 4.52 Å². The maximum Gasteiger partial charge on any atom is 0.258 e. The van der Waals surface area contributed by atoms with Gasteiger partial charge in [-0.15, -0.1) is 5.10 Å².